The molecule has 3 nitrogen and oxygen atoms in total. The monoisotopic (exact) mass is 187 g/mol. The van der Waals surface area contributed by atoms with Crippen LogP contribution >= 0.6 is 0 Å². The molecule has 0 fully saturated rings. The molecule has 1 amide bonds. The van der Waals surface area contributed by atoms with E-state index >= 15 is 0 Å². The molecule has 1 N–H and O–H groups in total. The molecule has 1 atom stereocenters. The highest BCUT2D eigenvalue weighted by Crippen LogP contribution is 2.07. The second kappa shape index (κ2) is 5.22. The van der Waals surface area contributed by atoms with Crippen molar-refractivity contribution in [1.82, 2.24) is 5.48 Å². The second-order valence-electron chi connectivity index (χ2n) is 4.46. The van der Waals surface area contributed by atoms with E-state index in [1.807, 2.05) is 20.8 Å². The quantitative estimate of drug-likeness (QED) is 0.686. The summed E-state index contributed by atoms with van der Waals surface area (Å²) in [6.45, 7) is 9.82. The minimum atomic E-state index is -0.314. The molecule has 0 aliphatic carbocycles. The fourth-order valence-electron chi connectivity index (χ4n) is 0.713. The summed E-state index contributed by atoms with van der Waals surface area (Å²) in [4.78, 5) is 16.4. The number of hydrogen-bond donors (Lipinski definition) is 1. The summed E-state index contributed by atoms with van der Waals surface area (Å²) in [5, 5.41) is 0. The lowest BCUT2D eigenvalue weighted by Crippen LogP contribution is -2.34. The first kappa shape index (κ1) is 12.4. The normalized spacial score (nSPS) is 13.9. The van der Waals surface area contributed by atoms with Crippen molar-refractivity contribution in [3.63, 3.8) is 0 Å². The molecule has 0 aromatic rings. The first-order valence-electron chi connectivity index (χ1n) is 4.82. The van der Waals surface area contributed by atoms with Crippen molar-refractivity contribution in [3.8, 4) is 0 Å². The summed E-state index contributed by atoms with van der Waals surface area (Å²) in [7, 11) is 0. The van der Waals surface area contributed by atoms with Crippen LogP contribution in [-0.4, -0.2) is 11.5 Å². The number of amides is 1. The maximum absolute atomic E-state index is 11.2. The Morgan fingerprint density at radius 1 is 1.46 bits per heavy atom. The molecule has 0 saturated heterocycles. The van der Waals surface area contributed by atoms with E-state index in [0.29, 0.717) is 12.3 Å². The summed E-state index contributed by atoms with van der Waals surface area (Å²) >= 11 is 0. The van der Waals surface area contributed by atoms with E-state index in [-0.39, 0.29) is 11.5 Å². The molecule has 13 heavy (non-hydrogen) atoms. The van der Waals surface area contributed by atoms with Crippen LogP contribution in [0.2, 0.25) is 0 Å². The maximum Gasteiger partial charge on any atom is 0.243 e. The van der Waals surface area contributed by atoms with E-state index in [1.54, 1.807) is 0 Å². The van der Waals surface area contributed by atoms with E-state index in [4.69, 9.17) is 4.84 Å². The number of hydroxylamine groups is 1. The lowest BCUT2D eigenvalue weighted by molar-refractivity contribution is -0.146. The first-order valence-corrected chi connectivity index (χ1v) is 4.82. The van der Waals surface area contributed by atoms with Crippen LogP contribution < -0.4 is 5.48 Å². The molecule has 0 rings (SSSR count). The van der Waals surface area contributed by atoms with E-state index in [2.05, 4.69) is 19.3 Å². The van der Waals surface area contributed by atoms with Crippen LogP contribution in [0.15, 0.2) is 0 Å². The van der Waals surface area contributed by atoms with Crippen molar-refractivity contribution in [2.45, 2.75) is 53.1 Å². The Kier molecular flexibility index (Phi) is 4.99. The third kappa shape index (κ3) is 7.78. The van der Waals surface area contributed by atoms with Crippen molar-refractivity contribution in [2.75, 3.05) is 0 Å². The van der Waals surface area contributed by atoms with Gasteiger partial charge in [-0.1, -0.05) is 20.3 Å². The van der Waals surface area contributed by atoms with Gasteiger partial charge in [-0.15, -0.1) is 0 Å². The molecule has 0 bridgehead atoms. The number of carbonyl (C=O) groups excluding carboxylic acids is 1. The van der Waals surface area contributed by atoms with Gasteiger partial charge in [0.15, 0.2) is 0 Å². The molecule has 0 saturated carbocycles. The average Bonchev–Trinajstić information content (AvgIpc) is 1.99. The number of rotatable bonds is 4. The zero-order valence-electron chi connectivity index (χ0n) is 9.31. The van der Waals surface area contributed by atoms with Gasteiger partial charge < -0.3 is 0 Å². The van der Waals surface area contributed by atoms with Gasteiger partial charge in [0.2, 0.25) is 5.91 Å². The van der Waals surface area contributed by atoms with Gasteiger partial charge in [-0.3, -0.25) is 9.63 Å². The van der Waals surface area contributed by atoms with Crippen molar-refractivity contribution in [3.05, 3.63) is 0 Å². The Morgan fingerprint density at radius 2 is 2.00 bits per heavy atom. The van der Waals surface area contributed by atoms with Crippen LogP contribution in [0.4, 0.5) is 0 Å². The van der Waals surface area contributed by atoms with Gasteiger partial charge in [0.25, 0.3) is 0 Å². The summed E-state index contributed by atoms with van der Waals surface area (Å²) in [6, 6.07) is 0. The Hall–Kier alpha value is -0.570. The smallest absolute Gasteiger partial charge is 0.243 e. The van der Waals surface area contributed by atoms with Crippen molar-refractivity contribution < 1.29 is 9.63 Å². The third-order valence-corrected chi connectivity index (χ3v) is 1.70. The molecule has 3 heteroatoms. The average molecular weight is 187 g/mol. The van der Waals surface area contributed by atoms with Gasteiger partial charge in [0.1, 0.15) is 0 Å². The van der Waals surface area contributed by atoms with Crippen molar-refractivity contribution in [1.29, 1.82) is 0 Å². The van der Waals surface area contributed by atoms with Crippen LogP contribution in [0.25, 0.3) is 0 Å². The molecular weight excluding hydrogens is 166 g/mol. The highest BCUT2D eigenvalue weighted by molar-refractivity contribution is 5.74. The van der Waals surface area contributed by atoms with Gasteiger partial charge >= 0.3 is 0 Å². The van der Waals surface area contributed by atoms with Crippen LogP contribution in [0.5, 0.6) is 0 Å². The Bertz CT molecular complexity index is 161. The van der Waals surface area contributed by atoms with Crippen LogP contribution in [0.1, 0.15) is 47.5 Å². The van der Waals surface area contributed by atoms with Gasteiger partial charge in [0, 0.05) is 6.42 Å². The second-order valence-corrected chi connectivity index (χ2v) is 4.46. The minimum Gasteiger partial charge on any atom is -0.273 e. The van der Waals surface area contributed by atoms with Crippen LogP contribution in [-0.2, 0) is 9.63 Å². The van der Waals surface area contributed by atoms with E-state index in [1.165, 1.54) is 0 Å². The number of carbonyl (C=O) groups is 1. The topological polar surface area (TPSA) is 38.3 Å². The van der Waals surface area contributed by atoms with E-state index < -0.39 is 0 Å². The number of hydrogen-bond acceptors (Lipinski definition) is 2. The zero-order valence-corrected chi connectivity index (χ0v) is 9.31. The molecule has 0 radical (unpaired) electrons. The molecule has 0 heterocycles. The SMILES string of the molecule is CCC(C)CC(=O)NOC(C)(C)C. The molecule has 1 unspecified atom stereocenters. The maximum atomic E-state index is 11.2. The van der Waals surface area contributed by atoms with Gasteiger partial charge in [-0.05, 0) is 26.7 Å². The van der Waals surface area contributed by atoms with Crippen LogP contribution in [0.3, 0.4) is 0 Å². The Morgan fingerprint density at radius 3 is 2.38 bits per heavy atom. The predicted octanol–water partition coefficient (Wildman–Crippen LogP) is 2.27. The summed E-state index contributed by atoms with van der Waals surface area (Å²) in [6.07, 6.45) is 1.55. The first-order chi connectivity index (χ1) is 5.85. The lowest BCUT2D eigenvalue weighted by atomic mass is 10.1. The van der Waals surface area contributed by atoms with E-state index in [0.717, 1.165) is 6.42 Å². The molecule has 78 valence electrons. The zero-order chi connectivity index (χ0) is 10.5. The fourth-order valence-corrected chi connectivity index (χ4v) is 0.713. The van der Waals surface area contributed by atoms with E-state index in [9.17, 15) is 4.79 Å². The molecule has 0 aromatic heterocycles. The van der Waals surface area contributed by atoms with Gasteiger partial charge in [0.05, 0.1) is 5.60 Å². The Labute approximate surface area is 80.8 Å². The van der Waals surface area contributed by atoms with Crippen molar-refractivity contribution in [2.24, 2.45) is 5.92 Å². The molecule has 0 aromatic carbocycles. The van der Waals surface area contributed by atoms with Gasteiger partial charge in [-0.25, -0.2) is 5.48 Å². The molecular formula is C10H21NO2. The summed E-state index contributed by atoms with van der Waals surface area (Å²) in [5.74, 6) is 0.382. The largest absolute Gasteiger partial charge is 0.273 e. The fraction of sp³-hybridized carbons (Fsp3) is 0.900. The number of nitrogens with one attached hydrogen (secondary N) is 1. The highest BCUT2D eigenvalue weighted by atomic mass is 16.7. The van der Waals surface area contributed by atoms with Crippen LogP contribution in [0, 0.1) is 5.92 Å². The summed E-state index contributed by atoms with van der Waals surface area (Å²) < 4.78 is 0. The highest BCUT2D eigenvalue weighted by Gasteiger charge is 2.13. The molecule has 0 aliphatic heterocycles. The molecule has 0 spiro atoms. The van der Waals surface area contributed by atoms with Gasteiger partial charge in [-0.2, -0.15) is 0 Å². The Balaban J connectivity index is 3.64. The standard InChI is InChI=1S/C10H21NO2/c1-6-8(2)7-9(12)11-13-10(3,4)5/h8H,6-7H2,1-5H3,(H,11,12). The minimum absolute atomic E-state index is 0.0377. The summed E-state index contributed by atoms with van der Waals surface area (Å²) in [5.41, 5.74) is 2.13. The molecule has 0 aliphatic rings. The third-order valence-electron chi connectivity index (χ3n) is 1.70. The predicted molar refractivity (Wildman–Crippen MR) is 53.1 cm³/mol. The van der Waals surface area contributed by atoms with Crippen molar-refractivity contribution >= 4 is 5.91 Å². The lowest BCUT2D eigenvalue weighted by Gasteiger charge is -2.19.